The number of para-hydroxylation sites is 1. The van der Waals surface area contributed by atoms with Gasteiger partial charge in [-0.25, -0.2) is 9.50 Å². The molecule has 26 heavy (non-hydrogen) atoms. The van der Waals surface area contributed by atoms with Crippen molar-refractivity contribution in [3.63, 3.8) is 0 Å². The first-order valence-corrected chi connectivity index (χ1v) is 8.51. The lowest BCUT2D eigenvalue weighted by atomic mass is 9.97. The fourth-order valence-corrected chi connectivity index (χ4v) is 3.58. The van der Waals surface area contributed by atoms with Gasteiger partial charge in [-0.05, 0) is 19.5 Å². The number of hydrogen-bond donors (Lipinski definition) is 1. The molecule has 1 atom stereocenters. The minimum Gasteiger partial charge on any atom is -0.493 e. The fraction of sp³-hybridized carbons (Fsp3) is 0.316. The van der Waals surface area contributed by atoms with Crippen LogP contribution < -0.4 is 10.3 Å². The van der Waals surface area contributed by atoms with Crippen LogP contribution in [0.2, 0.25) is 0 Å². The van der Waals surface area contributed by atoms with Gasteiger partial charge in [0.2, 0.25) is 0 Å². The standard InChI is InChI=1S/C19H19N5O2/c1-12-4-3-5-15-16(6-7-26-18(12)15)23(2)11-14-8-17(25)24-19(22-14)13(9-20)10-21-24/h3-5,8,10,16,21H,6-7,11H2,1-2H3. The number of aromatic amines is 1. The van der Waals surface area contributed by atoms with Gasteiger partial charge in [0.1, 0.15) is 17.4 Å². The zero-order valence-corrected chi connectivity index (χ0v) is 14.7. The maximum absolute atomic E-state index is 12.3. The summed E-state index contributed by atoms with van der Waals surface area (Å²) in [4.78, 5) is 19.0. The highest BCUT2D eigenvalue weighted by atomic mass is 16.5. The van der Waals surface area contributed by atoms with E-state index in [1.165, 1.54) is 16.8 Å². The summed E-state index contributed by atoms with van der Waals surface area (Å²) in [5, 5.41) is 11.9. The SMILES string of the molecule is Cc1cccc2c1OCCC2N(C)Cc1cc(=O)n2[nH]cc(C#N)c2n1. The number of nitrogens with one attached hydrogen (secondary N) is 1. The maximum Gasteiger partial charge on any atom is 0.272 e. The fourth-order valence-electron chi connectivity index (χ4n) is 3.58. The summed E-state index contributed by atoms with van der Waals surface area (Å²) in [7, 11) is 2.02. The molecule has 2 aromatic heterocycles. The van der Waals surface area contributed by atoms with Gasteiger partial charge in [0.05, 0.1) is 12.3 Å². The predicted molar refractivity (Wildman–Crippen MR) is 96.0 cm³/mol. The van der Waals surface area contributed by atoms with E-state index in [4.69, 9.17) is 4.74 Å². The van der Waals surface area contributed by atoms with Crippen LogP contribution in [0.3, 0.4) is 0 Å². The minimum absolute atomic E-state index is 0.195. The molecule has 1 aliphatic rings. The Balaban J connectivity index is 1.67. The molecule has 1 unspecified atom stereocenters. The van der Waals surface area contributed by atoms with Crippen molar-refractivity contribution in [2.45, 2.75) is 25.9 Å². The first-order chi connectivity index (χ1) is 12.6. The van der Waals surface area contributed by atoms with Crippen molar-refractivity contribution in [1.29, 1.82) is 5.26 Å². The van der Waals surface area contributed by atoms with Gasteiger partial charge in [-0.2, -0.15) is 5.26 Å². The number of ether oxygens (including phenoxy) is 1. The van der Waals surface area contributed by atoms with E-state index in [2.05, 4.69) is 27.1 Å². The van der Waals surface area contributed by atoms with Crippen molar-refractivity contribution in [3.05, 3.63) is 63.2 Å². The molecule has 0 bridgehead atoms. The summed E-state index contributed by atoms with van der Waals surface area (Å²) in [5.74, 6) is 0.955. The molecule has 0 spiro atoms. The largest absolute Gasteiger partial charge is 0.493 e. The lowest BCUT2D eigenvalue weighted by Gasteiger charge is -2.33. The number of H-pyrrole nitrogens is 1. The van der Waals surface area contributed by atoms with Gasteiger partial charge in [-0.15, -0.1) is 0 Å². The van der Waals surface area contributed by atoms with Gasteiger partial charge < -0.3 is 4.74 Å². The number of nitriles is 1. The molecule has 132 valence electrons. The summed E-state index contributed by atoms with van der Waals surface area (Å²) in [6.45, 7) is 3.23. The number of benzene rings is 1. The van der Waals surface area contributed by atoms with Crippen molar-refractivity contribution in [2.75, 3.05) is 13.7 Å². The second kappa shape index (κ2) is 6.32. The van der Waals surface area contributed by atoms with E-state index in [1.807, 2.05) is 26.1 Å². The zero-order chi connectivity index (χ0) is 18.3. The Hall–Kier alpha value is -3.11. The Morgan fingerprint density at radius 2 is 2.35 bits per heavy atom. The van der Waals surface area contributed by atoms with E-state index in [-0.39, 0.29) is 11.6 Å². The van der Waals surface area contributed by atoms with Crippen LogP contribution in [0.1, 0.15) is 34.8 Å². The molecule has 1 aliphatic heterocycles. The summed E-state index contributed by atoms with van der Waals surface area (Å²) in [5.41, 5.74) is 3.45. The lowest BCUT2D eigenvalue weighted by Crippen LogP contribution is -2.30. The first-order valence-electron chi connectivity index (χ1n) is 8.51. The molecule has 1 aromatic carbocycles. The number of nitrogens with zero attached hydrogens (tertiary/aromatic N) is 4. The summed E-state index contributed by atoms with van der Waals surface area (Å²) in [6.07, 6.45) is 2.37. The molecular weight excluding hydrogens is 330 g/mol. The predicted octanol–water partition coefficient (Wildman–Crippen LogP) is 2.16. The monoisotopic (exact) mass is 349 g/mol. The highest BCUT2D eigenvalue weighted by Gasteiger charge is 2.26. The molecule has 3 aromatic rings. The van der Waals surface area contributed by atoms with Gasteiger partial charge in [0.25, 0.3) is 5.56 Å². The molecule has 0 amide bonds. The van der Waals surface area contributed by atoms with E-state index >= 15 is 0 Å². The molecule has 0 radical (unpaired) electrons. The van der Waals surface area contributed by atoms with E-state index in [0.29, 0.717) is 30.1 Å². The molecule has 0 aliphatic carbocycles. The van der Waals surface area contributed by atoms with Gasteiger partial charge in [-0.1, -0.05) is 18.2 Å². The lowest BCUT2D eigenvalue weighted by molar-refractivity contribution is 0.159. The van der Waals surface area contributed by atoms with Crippen molar-refractivity contribution in [3.8, 4) is 11.8 Å². The number of rotatable bonds is 3. The van der Waals surface area contributed by atoms with Gasteiger partial charge in [-0.3, -0.25) is 14.8 Å². The van der Waals surface area contributed by atoms with Crippen molar-refractivity contribution < 1.29 is 4.74 Å². The number of aromatic nitrogens is 3. The zero-order valence-electron chi connectivity index (χ0n) is 14.7. The topological polar surface area (TPSA) is 86.4 Å². The summed E-state index contributed by atoms with van der Waals surface area (Å²) < 4.78 is 7.13. The van der Waals surface area contributed by atoms with Crippen LogP contribution in [0.4, 0.5) is 0 Å². The number of fused-ring (bicyclic) bond motifs is 2. The van der Waals surface area contributed by atoms with Gasteiger partial charge in [0, 0.05) is 36.8 Å². The van der Waals surface area contributed by atoms with Crippen LogP contribution in [0.15, 0.2) is 35.3 Å². The van der Waals surface area contributed by atoms with Crippen molar-refractivity contribution in [2.24, 2.45) is 0 Å². The quantitative estimate of drug-likeness (QED) is 0.783. The van der Waals surface area contributed by atoms with Crippen LogP contribution in [-0.2, 0) is 6.54 Å². The van der Waals surface area contributed by atoms with Crippen molar-refractivity contribution >= 4 is 5.65 Å². The van der Waals surface area contributed by atoms with E-state index in [9.17, 15) is 10.1 Å². The summed E-state index contributed by atoms with van der Waals surface area (Å²) in [6, 6.07) is 9.94. The third-order valence-corrected chi connectivity index (χ3v) is 4.85. The van der Waals surface area contributed by atoms with E-state index < -0.39 is 0 Å². The normalized spacial score (nSPS) is 16.3. The van der Waals surface area contributed by atoms with Crippen LogP contribution in [0.5, 0.6) is 5.75 Å². The average Bonchev–Trinajstić information content (AvgIpc) is 3.05. The maximum atomic E-state index is 12.3. The molecule has 0 saturated carbocycles. The number of hydrogen-bond acceptors (Lipinski definition) is 5. The molecule has 1 N–H and O–H groups in total. The summed E-state index contributed by atoms with van der Waals surface area (Å²) >= 11 is 0. The Labute approximate surface area is 150 Å². The molecule has 0 saturated heterocycles. The van der Waals surface area contributed by atoms with Crippen LogP contribution in [0.25, 0.3) is 5.65 Å². The first kappa shape index (κ1) is 16.4. The van der Waals surface area contributed by atoms with Crippen molar-refractivity contribution in [1.82, 2.24) is 19.5 Å². The van der Waals surface area contributed by atoms with Gasteiger partial charge >= 0.3 is 0 Å². The molecule has 0 fully saturated rings. The Morgan fingerprint density at radius 3 is 3.15 bits per heavy atom. The molecule has 3 heterocycles. The average molecular weight is 349 g/mol. The highest BCUT2D eigenvalue weighted by Crippen LogP contribution is 2.37. The molecule has 7 heteroatoms. The Kier molecular flexibility index (Phi) is 3.98. The Morgan fingerprint density at radius 1 is 1.50 bits per heavy atom. The molecule has 4 rings (SSSR count). The van der Waals surface area contributed by atoms with Crippen LogP contribution >= 0.6 is 0 Å². The highest BCUT2D eigenvalue weighted by molar-refractivity contribution is 5.53. The van der Waals surface area contributed by atoms with E-state index in [1.54, 1.807) is 0 Å². The number of aryl methyl sites for hydroxylation is 1. The smallest absolute Gasteiger partial charge is 0.272 e. The minimum atomic E-state index is -0.219. The third kappa shape index (κ3) is 2.65. The van der Waals surface area contributed by atoms with Crippen LogP contribution in [0, 0.1) is 18.3 Å². The van der Waals surface area contributed by atoms with E-state index in [0.717, 1.165) is 23.3 Å². The second-order valence-corrected chi connectivity index (χ2v) is 6.60. The third-order valence-electron chi connectivity index (χ3n) is 4.85. The van der Waals surface area contributed by atoms with Crippen LogP contribution in [-0.4, -0.2) is 33.2 Å². The Bertz CT molecular complexity index is 1080. The second-order valence-electron chi connectivity index (χ2n) is 6.60. The van der Waals surface area contributed by atoms with Gasteiger partial charge in [0.15, 0.2) is 5.65 Å². The molecular formula is C19H19N5O2. The molecule has 7 nitrogen and oxygen atoms in total.